The maximum Gasteiger partial charge on any atom is 0.146 e. The topological polar surface area (TPSA) is 30.7 Å². The maximum absolute atomic E-state index is 5.06. The first kappa shape index (κ1) is 19.0. The van der Waals surface area contributed by atoms with Gasteiger partial charge in [0.25, 0.3) is 0 Å². The van der Waals surface area contributed by atoms with E-state index in [-0.39, 0.29) is 0 Å². The van der Waals surface area contributed by atoms with Crippen molar-refractivity contribution in [3.8, 4) is 28.3 Å². The summed E-state index contributed by atoms with van der Waals surface area (Å²) in [5, 5.41) is 2.41. The summed E-state index contributed by atoms with van der Waals surface area (Å²) in [7, 11) is 0. The highest BCUT2D eigenvalue weighted by atomic mass is 79.9. The largest absolute Gasteiger partial charge is 0.290 e. The highest BCUT2D eigenvalue weighted by molar-refractivity contribution is 9.10. The second-order valence-corrected chi connectivity index (χ2v) is 8.53. The van der Waals surface area contributed by atoms with Crippen LogP contribution >= 0.6 is 15.9 Å². The zero-order valence-electron chi connectivity index (χ0n) is 17.1. The molecule has 0 saturated carbocycles. The molecule has 0 radical (unpaired) electrons. The lowest BCUT2D eigenvalue weighted by atomic mass is 10.0. The lowest BCUT2D eigenvalue weighted by Crippen LogP contribution is -1.99. The SMILES string of the molecule is Brc1ccccc1-c1nc2ccnc(-c3ccc4ccccc4c3)c2n1-c1ccccc1. The van der Waals surface area contributed by atoms with E-state index in [1.807, 2.05) is 36.5 Å². The summed E-state index contributed by atoms with van der Waals surface area (Å²) < 4.78 is 3.22. The minimum atomic E-state index is 0.883. The van der Waals surface area contributed by atoms with Gasteiger partial charge in [-0.15, -0.1) is 0 Å². The first-order valence-electron chi connectivity index (χ1n) is 10.5. The maximum atomic E-state index is 5.06. The predicted octanol–water partition coefficient (Wildman–Crippen LogP) is 7.67. The van der Waals surface area contributed by atoms with Gasteiger partial charge in [-0.2, -0.15) is 0 Å². The van der Waals surface area contributed by atoms with E-state index in [0.29, 0.717) is 0 Å². The molecule has 2 aromatic heterocycles. The number of rotatable bonds is 3. The average molecular weight is 476 g/mol. The van der Waals surface area contributed by atoms with Gasteiger partial charge in [0.15, 0.2) is 0 Å². The molecule has 4 heteroatoms. The minimum Gasteiger partial charge on any atom is -0.290 e. The van der Waals surface area contributed by atoms with Crippen molar-refractivity contribution in [2.75, 3.05) is 0 Å². The molecular formula is C28H18BrN3. The molecule has 0 unspecified atom stereocenters. The molecule has 0 atom stereocenters. The van der Waals surface area contributed by atoms with Gasteiger partial charge in [0, 0.05) is 27.5 Å². The van der Waals surface area contributed by atoms with Crippen molar-refractivity contribution in [3.05, 3.63) is 114 Å². The molecule has 0 aliphatic heterocycles. The Bertz CT molecular complexity index is 1590. The van der Waals surface area contributed by atoms with Crippen molar-refractivity contribution in [3.63, 3.8) is 0 Å². The molecule has 0 spiro atoms. The number of imidazole rings is 1. The second-order valence-electron chi connectivity index (χ2n) is 7.68. The molecule has 0 bridgehead atoms. The fourth-order valence-electron chi connectivity index (χ4n) is 4.22. The monoisotopic (exact) mass is 475 g/mol. The van der Waals surface area contributed by atoms with E-state index in [1.165, 1.54) is 10.8 Å². The fraction of sp³-hybridized carbons (Fsp3) is 0. The van der Waals surface area contributed by atoms with Crippen LogP contribution in [0.15, 0.2) is 114 Å². The molecule has 0 aliphatic rings. The van der Waals surface area contributed by atoms with E-state index in [9.17, 15) is 0 Å². The van der Waals surface area contributed by atoms with Crippen LogP contribution in [-0.2, 0) is 0 Å². The summed E-state index contributed by atoms with van der Waals surface area (Å²) in [5.74, 6) is 0.883. The summed E-state index contributed by atoms with van der Waals surface area (Å²) in [5.41, 5.74) is 6.00. The molecule has 0 fully saturated rings. The smallest absolute Gasteiger partial charge is 0.146 e. The third kappa shape index (κ3) is 3.12. The van der Waals surface area contributed by atoms with Crippen molar-refractivity contribution in [2.45, 2.75) is 0 Å². The van der Waals surface area contributed by atoms with Crippen LogP contribution in [0, 0.1) is 0 Å². The fourth-order valence-corrected chi connectivity index (χ4v) is 4.69. The molecule has 3 nitrogen and oxygen atoms in total. The first-order valence-corrected chi connectivity index (χ1v) is 11.3. The average Bonchev–Trinajstić information content (AvgIpc) is 3.24. The Morgan fingerprint density at radius 1 is 0.688 bits per heavy atom. The number of halogens is 1. The number of benzene rings is 4. The highest BCUT2D eigenvalue weighted by Crippen LogP contribution is 2.36. The number of nitrogens with zero attached hydrogens (tertiary/aromatic N) is 3. The van der Waals surface area contributed by atoms with E-state index in [1.54, 1.807) is 0 Å². The van der Waals surface area contributed by atoms with E-state index < -0.39 is 0 Å². The van der Waals surface area contributed by atoms with Gasteiger partial charge in [-0.1, -0.05) is 88.7 Å². The van der Waals surface area contributed by atoms with Crippen LogP contribution in [0.4, 0.5) is 0 Å². The van der Waals surface area contributed by atoms with Gasteiger partial charge in [-0.25, -0.2) is 4.98 Å². The lowest BCUT2D eigenvalue weighted by molar-refractivity contribution is 1.10. The normalized spacial score (nSPS) is 11.3. The molecule has 6 rings (SSSR count). The standard InChI is InChI=1S/C28H18BrN3/c29-24-13-7-6-12-23(24)28-31-25-16-17-30-26(27(25)32(28)22-10-2-1-3-11-22)21-15-14-19-8-4-5-9-20(19)18-21/h1-18H. The zero-order valence-corrected chi connectivity index (χ0v) is 18.7. The Balaban J connectivity index is 1.70. The van der Waals surface area contributed by atoms with Crippen LogP contribution < -0.4 is 0 Å². The van der Waals surface area contributed by atoms with E-state index in [4.69, 9.17) is 9.97 Å². The Labute approximate surface area is 194 Å². The van der Waals surface area contributed by atoms with Crippen LogP contribution in [0.5, 0.6) is 0 Å². The van der Waals surface area contributed by atoms with Gasteiger partial charge < -0.3 is 0 Å². The number of hydrogen-bond donors (Lipinski definition) is 0. The highest BCUT2D eigenvalue weighted by Gasteiger charge is 2.20. The summed E-state index contributed by atoms with van der Waals surface area (Å²) in [6.07, 6.45) is 1.85. The molecule has 0 aliphatic carbocycles. The molecule has 6 aromatic rings. The van der Waals surface area contributed by atoms with Crippen LogP contribution in [-0.4, -0.2) is 14.5 Å². The first-order chi connectivity index (χ1) is 15.8. The van der Waals surface area contributed by atoms with Gasteiger partial charge >= 0.3 is 0 Å². The van der Waals surface area contributed by atoms with E-state index in [2.05, 4.69) is 93.3 Å². The van der Waals surface area contributed by atoms with Gasteiger partial charge in [0.1, 0.15) is 5.82 Å². The molecule has 32 heavy (non-hydrogen) atoms. The molecule has 0 N–H and O–H groups in total. The molecule has 2 heterocycles. The van der Waals surface area contributed by atoms with Gasteiger partial charge in [0.05, 0.1) is 16.7 Å². The predicted molar refractivity (Wildman–Crippen MR) is 135 cm³/mol. The van der Waals surface area contributed by atoms with E-state index >= 15 is 0 Å². The van der Waals surface area contributed by atoms with Crippen LogP contribution in [0.2, 0.25) is 0 Å². The van der Waals surface area contributed by atoms with Crippen molar-refractivity contribution in [1.29, 1.82) is 0 Å². The van der Waals surface area contributed by atoms with Crippen LogP contribution in [0.1, 0.15) is 0 Å². The molecule has 0 saturated heterocycles. The molecule has 0 amide bonds. The van der Waals surface area contributed by atoms with Gasteiger partial charge in [0.2, 0.25) is 0 Å². The van der Waals surface area contributed by atoms with Crippen LogP contribution in [0.3, 0.4) is 0 Å². The number of fused-ring (bicyclic) bond motifs is 2. The quantitative estimate of drug-likeness (QED) is 0.262. The number of para-hydroxylation sites is 1. The minimum absolute atomic E-state index is 0.883. The van der Waals surface area contributed by atoms with E-state index in [0.717, 1.165) is 43.8 Å². The van der Waals surface area contributed by atoms with Crippen molar-refractivity contribution in [1.82, 2.24) is 14.5 Å². The third-order valence-electron chi connectivity index (χ3n) is 5.72. The Kier molecular flexibility index (Phi) is 4.58. The van der Waals surface area contributed by atoms with Crippen molar-refractivity contribution < 1.29 is 0 Å². The summed E-state index contributed by atoms with van der Waals surface area (Å²) in [6.45, 7) is 0. The second kappa shape index (κ2) is 7.74. The van der Waals surface area contributed by atoms with Gasteiger partial charge in [-0.3, -0.25) is 9.55 Å². The van der Waals surface area contributed by atoms with Crippen LogP contribution in [0.25, 0.3) is 50.1 Å². The Hall–Kier alpha value is -3.76. The van der Waals surface area contributed by atoms with Crippen molar-refractivity contribution in [2.24, 2.45) is 0 Å². The van der Waals surface area contributed by atoms with Gasteiger partial charge in [-0.05, 0) is 41.1 Å². The Morgan fingerprint density at radius 3 is 2.28 bits per heavy atom. The number of pyridine rings is 1. The summed E-state index contributed by atoms with van der Waals surface area (Å²) >= 11 is 3.72. The van der Waals surface area contributed by atoms with Crippen molar-refractivity contribution >= 4 is 37.7 Å². The Morgan fingerprint density at radius 2 is 1.44 bits per heavy atom. The lowest BCUT2D eigenvalue weighted by Gasteiger charge is -2.13. The summed E-state index contributed by atoms with van der Waals surface area (Å²) in [4.78, 5) is 9.89. The number of hydrogen-bond acceptors (Lipinski definition) is 2. The summed E-state index contributed by atoms with van der Waals surface area (Å²) in [6, 6.07) is 35.4. The molecule has 152 valence electrons. The third-order valence-corrected chi connectivity index (χ3v) is 6.41. The zero-order chi connectivity index (χ0) is 21.5. The number of aromatic nitrogens is 3. The molecule has 4 aromatic carbocycles. The molecular weight excluding hydrogens is 458 g/mol.